The lowest BCUT2D eigenvalue weighted by molar-refractivity contribution is -0.146. The van der Waals surface area contributed by atoms with Crippen molar-refractivity contribution in [2.24, 2.45) is 0 Å². The summed E-state index contributed by atoms with van der Waals surface area (Å²) >= 11 is 1.29. The summed E-state index contributed by atoms with van der Waals surface area (Å²) < 4.78 is 10.6. The second-order valence-corrected chi connectivity index (χ2v) is 8.41. The third kappa shape index (κ3) is 3.20. The molecule has 1 fully saturated rings. The Kier molecular flexibility index (Phi) is 5.19. The van der Waals surface area contributed by atoms with Crippen molar-refractivity contribution in [2.75, 3.05) is 18.1 Å². The third-order valence-electron chi connectivity index (χ3n) is 5.21. The van der Waals surface area contributed by atoms with Gasteiger partial charge in [0.2, 0.25) is 5.91 Å². The summed E-state index contributed by atoms with van der Waals surface area (Å²) in [7, 11) is 0. The maximum absolute atomic E-state index is 13.2. The van der Waals surface area contributed by atoms with Gasteiger partial charge in [-0.2, -0.15) is 0 Å². The molecule has 3 aliphatic heterocycles. The van der Waals surface area contributed by atoms with Crippen LogP contribution in [0.1, 0.15) is 26.7 Å². The zero-order valence-corrected chi connectivity index (χ0v) is 17.3. The standard InChI is InChI=1S/C20H21N3O6S/c1-3-28-17(25)16-11(2)21-19(27)22-12(16)10-29-18(26)20-9-8-15(24)23(20)13-6-4-5-7-14(13)30-20/h4-7,11H,3,8-10H2,1-2H3,(H2,21,22,27)/t11-,20+/m1/s1. The Bertz CT molecular complexity index is 977. The van der Waals surface area contributed by atoms with E-state index in [2.05, 4.69) is 10.6 Å². The maximum Gasteiger partial charge on any atom is 0.343 e. The number of benzene rings is 1. The highest BCUT2D eigenvalue weighted by atomic mass is 32.2. The van der Waals surface area contributed by atoms with Crippen molar-refractivity contribution in [3.63, 3.8) is 0 Å². The maximum atomic E-state index is 13.2. The van der Waals surface area contributed by atoms with E-state index in [4.69, 9.17) is 9.47 Å². The molecule has 9 nitrogen and oxygen atoms in total. The smallest absolute Gasteiger partial charge is 0.343 e. The molecule has 2 atom stereocenters. The van der Waals surface area contributed by atoms with E-state index in [1.54, 1.807) is 19.9 Å². The minimum atomic E-state index is -1.17. The molecule has 30 heavy (non-hydrogen) atoms. The van der Waals surface area contributed by atoms with Gasteiger partial charge in [0, 0.05) is 17.7 Å². The number of hydrogen-bond acceptors (Lipinski definition) is 7. The lowest BCUT2D eigenvalue weighted by Gasteiger charge is -2.30. The molecule has 3 aliphatic rings. The number of nitrogens with one attached hydrogen (secondary N) is 2. The van der Waals surface area contributed by atoms with Crippen LogP contribution in [0.2, 0.25) is 0 Å². The molecular formula is C20H21N3O6S. The molecule has 0 saturated carbocycles. The predicted molar refractivity (Wildman–Crippen MR) is 107 cm³/mol. The summed E-state index contributed by atoms with van der Waals surface area (Å²) in [4.78, 5) is 51.0. The van der Waals surface area contributed by atoms with Crippen molar-refractivity contribution >= 4 is 41.3 Å². The van der Waals surface area contributed by atoms with Gasteiger partial charge in [-0.1, -0.05) is 23.9 Å². The molecule has 1 aromatic carbocycles. The van der Waals surface area contributed by atoms with Gasteiger partial charge in [0.05, 0.1) is 29.6 Å². The fourth-order valence-corrected chi connectivity index (χ4v) is 5.33. The Balaban J connectivity index is 1.58. The van der Waals surface area contributed by atoms with E-state index in [-0.39, 0.29) is 36.8 Å². The molecule has 0 unspecified atom stereocenters. The summed E-state index contributed by atoms with van der Waals surface area (Å²) in [6, 6.07) is 6.22. The number of urea groups is 1. The molecule has 0 aliphatic carbocycles. The third-order valence-corrected chi connectivity index (χ3v) is 6.66. The fourth-order valence-electron chi connectivity index (χ4n) is 3.92. The van der Waals surface area contributed by atoms with Gasteiger partial charge < -0.3 is 20.1 Å². The van der Waals surface area contributed by atoms with Gasteiger partial charge in [0.25, 0.3) is 0 Å². The van der Waals surface area contributed by atoms with E-state index in [1.807, 2.05) is 18.2 Å². The number of hydrogen-bond donors (Lipinski definition) is 2. The molecule has 2 N–H and O–H groups in total. The molecule has 0 bridgehead atoms. The number of carbonyl (C=O) groups is 4. The summed E-state index contributed by atoms with van der Waals surface area (Å²) in [5, 5.41) is 5.12. The Labute approximate surface area is 177 Å². The van der Waals surface area contributed by atoms with E-state index in [0.29, 0.717) is 12.1 Å². The van der Waals surface area contributed by atoms with Crippen LogP contribution in [0.15, 0.2) is 40.4 Å². The van der Waals surface area contributed by atoms with Crippen molar-refractivity contribution in [3.8, 4) is 0 Å². The van der Waals surface area contributed by atoms with Crippen LogP contribution in [0.3, 0.4) is 0 Å². The summed E-state index contributed by atoms with van der Waals surface area (Å²) in [5.74, 6) is -1.33. The zero-order valence-electron chi connectivity index (χ0n) is 16.5. The van der Waals surface area contributed by atoms with Crippen molar-refractivity contribution in [3.05, 3.63) is 35.5 Å². The first-order chi connectivity index (χ1) is 14.4. The number of fused-ring (bicyclic) bond motifs is 3. The van der Waals surface area contributed by atoms with Crippen molar-refractivity contribution in [1.29, 1.82) is 0 Å². The molecule has 0 radical (unpaired) electrons. The largest absolute Gasteiger partial charge is 0.463 e. The zero-order chi connectivity index (χ0) is 21.5. The lowest BCUT2D eigenvalue weighted by Crippen LogP contribution is -2.51. The number of nitrogens with zero attached hydrogens (tertiary/aromatic N) is 1. The van der Waals surface area contributed by atoms with Crippen LogP contribution in [-0.2, 0) is 23.9 Å². The molecule has 158 valence electrons. The molecule has 10 heteroatoms. The average Bonchev–Trinajstić information content (AvgIpc) is 3.21. The number of carbonyl (C=O) groups excluding carboxylic acids is 4. The highest BCUT2D eigenvalue weighted by Crippen LogP contribution is 2.56. The highest BCUT2D eigenvalue weighted by molar-refractivity contribution is 8.02. The average molecular weight is 431 g/mol. The molecule has 3 amide bonds. The monoisotopic (exact) mass is 431 g/mol. The molecular weight excluding hydrogens is 410 g/mol. The van der Waals surface area contributed by atoms with E-state index in [0.717, 1.165) is 4.90 Å². The number of ether oxygens (including phenoxy) is 2. The number of para-hydroxylation sites is 1. The van der Waals surface area contributed by atoms with Crippen LogP contribution in [0.5, 0.6) is 0 Å². The molecule has 0 aromatic heterocycles. The SMILES string of the molecule is CCOC(=O)C1=C(COC(=O)[C@@]23CCC(=O)N2c2ccccc2S3)NC(=O)N[C@@H]1C. The number of rotatable bonds is 5. The van der Waals surface area contributed by atoms with Gasteiger partial charge in [0.15, 0.2) is 4.87 Å². The molecule has 1 saturated heterocycles. The number of thioether (sulfide) groups is 1. The predicted octanol–water partition coefficient (Wildman–Crippen LogP) is 1.68. The first-order valence-corrected chi connectivity index (χ1v) is 10.4. The van der Waals surface area contributed by atoms with E-state index < -0.39 is 28.9 Å². The van der Waals surface area contributed by atoms with Crippen LogP contribution in [0.25, 0.3) is 0 Å². The summed E-state index contributed by atoms with van der Waals surface area (Å²) in [6.07, 6.45) is 0.559. The number of anilines is 1. The van der Waals surface area contributed by atoms with E-state index in [9.17, 15) is 19.2 Å². The van der Waals surface area contributed by atoms with Crippen LogP contribution in [0, 0.1) is 0 Å². The Morgan fingerprint density at radius 1 is 1.27 bits per heavy atom. The summed E-state index contributed by atoms with van der Waals surface area (Å²) in [6.45, 7) is 3.18. The fraction of sp³-hybridized carbons (Fsp3) is 0.400. The minimum absolute atomic E-state index is 0.139. The van der Waals surface area contributed by atoms with Crippen LogP contribution >= 0.6 is 11.8 Å². The Morgan fingerprint density at radius 3 is 2.80 bits per heavy atom. The van der Waals surface area contributed by atoms with Crippen LogP contribution in [0.4, 0.5) is 10.5 Å². The second kappa shape index (κ2) is 7.67. The topological polar surface area (TPSA) is 114 Å². The van der Waals surface area contributed by atoms with Gasteiger partial charge in [0.1, 0.15) is 6.61 Å². The Morgan fingerprint density at radius 2 is 2.03 bits per heavy atom. The Hall–Kier alpha value is -3.01. The van der Waals surface area contributed by atoms with Gasteiger partial charge in [-0.3, -0.25) is 9.69 Å². The first kappa shape index (κ1) is 20.3. The van der Waals surface area contributed by atoms with Crippen LogP contribution in [-0.4, -0.2) is 48.0 Å². The number of esters is 2. The van der Waals surface area contributed by atoms with Crippen LogP contribution < -0.4 is 15.5 Å². The molecule has 4 rings (SSSR count). The van der Waals surface area contributed by atoms with Gasteiger partial charge in [-0.05, 0) is 26.0 Å². The lowest BCUT2D eigenvalue weighted by atomic mass is 10.0. The first-order valence-electron chi connectivity index (χ1n) is 9.63. The second-order valence-electron chi connectivity index (χ2n) is 7.09. The highest BCUT2D eigenvalue weighted by Gasteiger charge is 2.58. The van der Waals surface area contributed by atoms with E-state index in [1.165, 1.54) is 16.7 Å². The molecule has 3 heterocycles. The summed E-state index contributed by atoms with van der Waals surface area (Å²) in [5.41, 5.74) is 1.06. The van der Waals surface area contributed by atoms with Crippen molar-refractivity contribution in [1.82, 2.24) is 10.6 Å². The van der Waals surface area contributed by atoms with Gasteiger partial charge in [-0.25, -0.2) is 14.4 Å². The van der Waals surface area contributed by atoms with Crippen molar-refractivity contribution in [2.45, 2.75) is 42.5 Å². The molecule has 0 spiro atoms. The quantitative estimate of drug-likeness (QED) is 0.682. The van der Waals surface area contributed by atoms with E-state index >= 15 is 0 Å². The number of amides is 3. The normalized spacial score (nSPS) is 24.7. The van der Waals surface area contributed by atoms with Gasteiger partial charge in [-0.15, -0.1) is 0 Å². The van der Waals surface area contributed by atoms with Gasteiger partial charge >= 0.3 is 18.0 Å². The minimum Gasteiger partial charge on any atom is -0.463 e. The van der Waals surface area contributed by atoms with Crippen molar-refractivity contribution < 1.29 is 28.7 Å². The molecule has 1 aromatic rings.